The number of halogens is 1. The van der Waals surface area contributed by atoms with Gasteiger partial charge in [0.05, 0.1) is 12.7 Å². The van der Waals surface area contributed by atoms with Crippen LogP contribution in [-0.2, 0) is 16.1 Å². The topological polar surface area (TPSA) is 101 Å². The number of anilines is 1. The molecule has 25 heavy (non-hydrogen) atoms. The number of nitrogens with one attached hydrogen (secondary N) is 1. The molecule has 1 N–H and O–H groups in total. The molecule has 0 radical (unpaired) electrons. The summed E-state index contributed by atoms with van der Waals surface area (Å²) >= 11 is 0. The first-order valence-electron chi connectivity index (χ1n) is 7.23. The number of benzene rings is 1. The molecule has 1 amide bonds. The Hall–Kier alpha value is -3.47. The number of ether oxygens (including phenoxy) is 1. The number of nitriles is 1. The Morgan fingerprint density at radius 1 is 1.32 bits per heavy atom. The molecule has 128 valence electrons. The van der Waals surface area contributed by atoms with E-state index in [0.717, 1.165) is 10.6 Å². The fourth-order valence-corrected chi connectivity index (χ4v) is 2.09. The van der Waals surface area contributed by atoms with Crippen LogP contribution in [0.5, 0.6) is 0 Å². The Morgan fingerprint density at radius 2 is 2.00 bits per heavy atom. The van der Waals surface area contributed by atoms with Gasteiger partial charge in [-0.2, -0.15) is 5.26 Å². The van der Waals surface area contributed by atoms with Gasteiger partial charge in [0.15, 0.2) is 0 Å². The van der Waals surface area contributed by atoms with Gasteiger partial charge in [-0.15, -0.1) is 0 Å². The molecule has 0 aliphatic carbocycles. The summed E-state index contributed by atoms with van der Waals surface area (Å²) in [6, 6.07) is 8.08. The number of rotatable bonds is 5. The van der Waals surface area contributed by atoms with Gasteiger partial charge >= 0.3 is 5.97 Å². The van der Waals surface area contributed by atoms with E-state index < -0.39 is 23.3 Å². The molecule has 0 aliphatic heterocycles. The van der Waals surface area contributed by atoms with E-state index in [4.69, 9.17) is 5.26 Å². The molecule has 0 bridgehead atoms. The predicted molar refractivity (Wildman–Crippen MR) is 86.4 cm³/mol. The van der Waals surface area contributed by atoms with Gasteiger partial charge in [-0.3, -0.25) is 9.59 Å². The number of esters is 1. The van der Waals surface area contributed by atoms with Crippen LogP contribution in [-0.4, -0.2) is 23.6 Å². The molecule has 1 heterocycles. The number of hydrogen-bond acceptors (Lipinski definition) is 5. The fourth-order valence-electron chi connectivity index (χ4n) is 2.09. The largest absolute Gasteiger partial charge is 0.465 e. The maximum Gasteiger partial charge on any atom is 0.339 e. The predicted octanol–water partition coefficient (Wildman–Crippen LogP) is 1.67. The van der Waals surface area contributed by atoms with Crippen LogP contribution in [0, 0.1) is 17.1 Å². The Balaban J connectivity index is 2.12. The molecule has 1 aromatic carbocycles. The number of aryl methyl sites for hydroxylation is 1. The van der Waals surface area contributed by atoms with Gasteiger partial charge in [-0.05, 0) is 30.3 Å². The average molecular weight is 343 g/mol. The molecule has 0 aliphatic rings. The average Bonchev–Trinajstić information content (AvgIpc) is 2.62. The molecule has 0 saturated heterocycles. The first-order valence-corrected chi connectivity index (χ1v) is 7.23. The number of pyridine rings is 1. The van der Waals surface area contributed by atoms with Crippen LogP contribution in [0.15, 0.2) is 41.3 Å². The number of carbonyl (C=O) groups is 2. The molecule has 2 aromatic rings. The molecule has 0 atom stereocenters. The lowest BCUT2D eigenvalue weighted by Crippen LogP contribution is -2.26. The van der Waals surface area contributed by atoms with Gasteiger partial charge in [0.2, 0.25) is 5.91 Å². The highest BCUT2D eigenvalue weighted by Gasteiger charge is 2.13. The lowest BCUT2D eigenvalue weighted by atomic mass is 10.2. The summed E-state index contributed by atoms with van der Waals surface area (Å²) in [6.45, 7) is -0.0363. The molecule has 0 fully saturated rings. The second-order valence-corrected chi connectivity index (χ2v) is 5.05. The zero-order valence-corrected chi connectivity index (χ0v) is 13.3. The number of hydrogen-bond donors (Lipinski definition) is 1. The summed E-state index contributed by atoms with van der Waals surface area (Å²) < 4.78 is 18.5. The maximum absolute atomic E-state index is 12.8. The van der Waals surface area contributed by atoms with Crippen molar-refractivity contribution < 1.29 is 18.7 Å². The van der Waals surface area contributed by atoms with E-state index >= 15 is 0 Å². The minimum Gasteiger partial charge on any atom is -0.465 e. The summed E-state index contributed by atoms with van der Waals surface area (Å²) in [6.07, 6.45) is 1.16. The minimum atomic E-state index is -0.694. The van der Waals surface area contributed by atoms with Crippen LogP contribution in [0.1, 0.15) is 22.3 Å². The van der Waals surface area contributed by atoms with Crippen LogP contribution in [0.4, 0.5) is 10.1 Å². The zero-order valence-electron chi connectivity index (χ0n) is 13.3. The summed E-state index contributed by atoms with van der Waals surface area (Å²) in [5, 5.41) is 11.5. The number of amides is 1. The molecule has 8 heteroatoms. The van der Waals surface area contributed by atoms with Crippen molar-refractivity contribution in [1.82, 2.24) is 4.57 Å². The van der Waals surface area contributed by atoms with E-state index in [1.807, 2.05) is 0 Å². The van der Waals surface area contributed by atoms with Gasteiger partial charge in [0.1, 0.15) is 17.4 Å². The first-order chi connectivity index (χ1) is 11.9. The van der Waals surface area contributed by atoms with Crippen molar-refractivity contribution >= 4 is 17.6 Å². The van der Waals surface area contributed by atoms with Crippen LogP contribution < -0.4 is 10.9 Å². The highest BCUT2D eigenvalue weighted by atomic mass is 19.1. The molecular weight excluding hydrogens is 329 g/mol. The van der Waals surface area contributed by atoms with E-state index in [1.165, 1.54) is 37.6 Å². The molecule has 2 rings (SSSR count). The second kappa shape index (κ2) is 7.88. The lowest BCUT2D eigenvalue weighted by Gasteiger charge is -2.09. The van der Waals surface area contributed by atoms with Crippen molar-refractivity contribution in [1.29, 1.82) is 5.26 Å². The summed E-state index contributed by atoms with van der Waals surface area (Å²) in [5.74, 6) is -1.52. The Labute approximate surface area is 142 Å². The van der Waals surface area contributed by atoms with Crippen LogP contribution in [0.25, 0.3) is 0 Å². The number of carbonyl (C=O) groups excluding carboxylic acids is 2. The van der Waals surface area contributed by atoms with E-state index in [1.54, 1.807) is 6.07 Å². The Kier molecular flexibility index (Phi) is 5.63. The van der Waals surface area contributed by atoms with Crippen molar-refractivity contribution in [3.05, 3.63) is 63.8 Å². The molecule has 7 nitrogen and oxygen atoms in total. The molecule has 1 aromatic heterocycles. The Morgan fingerprint density at radius 3 is 2.60 bits per heavy atom. The number of methoxy groups -OCH3 is 1. The van der Waals surface area contributed by atoms with E-state index in [0.29, 0.717) is 5.69 Å². The van der Waals surface area contributed by atoms with E-state index in [2.05, 4.69) is 10.1 Å². The Bertz CT molecular complexity index is 898. The second-order valence-electron chi connectivity index (χ2n) is 5.05. The lowest BCUT2D eigenvalue weighted by molar-refractivity contribution is -0.116. The van der Waals surface area contributed by atoms with Crippen LogP contribution in [0.3, 0.4) is 0 Å². The van der Waals surface area contributed by atoms with E-state index in [9.17, 15) is 18.8 Å². The normalized spacial score (nSPS) is 9.96. The first kappa shape index (κ1) is 17.9. The van der Waals surface area contributed by atoms with Crippen molar-refractivity contribution in [2.45, 2.75) is 13.0 Å². The van der Waals surface area contributed by atoms with Crippen LogP contribution >= 0.6 is 0 Å². The molecule has 0 unspecified atom stereocenters. The summed E-state index contributed by atoms with van der Waals surface area (Å²) in [7, 11) is 1.18. The third-order valence-electron chi connectivity index (χ3n) is 3.34. The monoisotopic (exact) mass is 343 g/mol. The molecule has 0 saturated carbocycles. The summed E-state index contributed by atoms with van der Waals surface area (Å²) in [5.41, 5.74) is -0.371. The van der Waals surface area contributed by atoms with Gasteiger partial charge in [-0.25, -0.2) is 9.18 Å². The number of aromatic nitrogens is 1. The third-order valence-corrected chi connectivity index (χ3v) is 3.34. The highest BCUT2D eigenvalue weighted by Crippen LogP contribution is 2.09. The quantitative estimate of drug-likeness (QED) is 0.832. The fraction of sp³-hybridized carbons (Fsp3) is 0.176. The van der Waals surface area contributed by atoms with E-state index in [-0.39, 0.29) is 24.1 Å². The smallest absolute Gasteiger partial charge is 0.339 e. The van der Waals surface area contributed by atoms with Crippen LogP contribution in [0.2, 0.25) is 0 Å². The highest BCUT2D eigenvalue weighted by molar-refractivity contribution is 5.91. The SMILES string of the molecule is COC(=O)c1cc(C#N)c(=O)n(CCC(=O)Nc2ccc(F)cc2)c1. The van der Waals surface area contributed by atoms with Crippen molar-refractivity contribution in [2.75, 3.05) is 12.4 Å². The van der Waals surface area contributed by atoms with Gasteiger partial charge in [0.25, 0.3) is 5.56 Å². The third kappa shape index (κ3) is 4.51. The molecule has 0 spiro atoms. The van der Waals surface area contributed by atoms with Crippen molar-refractivity contribution in [3.63, 3.8) is 0 Å². The van der Waals surface area contributed by atoms with Gasteiger partial charge in [0, 0.05) is 24.8 Å². The van der Waals surface area contributed by atoms with Crippen molar-refractivity contribution in [2.24, 2.45) is 0 Å². The standard InChI is InChI=1S/C17H14FN3O4/c1-25-17(24)12-8-11(9-19)16(23)21(10-12)7-6-15(22)20-14-4-2-13(18)3-5-14/h2-5,8,10H,6-7H2,1H3,(H,20,22). The zero-order chi connectivity index (χ0) is 18.4. The van der Waals surface area contributed by atoms with Gasteiger partial charge in [-0.1, -0.05) is 0 Å². The number of nitrogens with zero attached hydrogens (tertiary/aromatic N) is 2. The maximum atomic E-state index is 12.8. The minimum absolute atomic E-state index is 0.0363. The van der Waals surface area contributed by atoms with Crippen molar-refractivity contribution in [3.8, 4) is 6.07 Å². The summed E-state index contributed by atoms with van der Waals surface area (Å²) in [4.78, 5) is 35.6. The molecular formula is C17H14FN3O4. The van der Waals surface area contributed by atoms with Gasteiger partial charge < -0.3 is 14.6 Å².